The molecule has 0 bridgehead atoms. The molecule has 1 aromatic carbocycles. The zero-order chi connectivity index (χ0) is 13.2. The number of rotatable bonds is 3. The van der Waals surface area contributed by atoms with Crippen LogP contribution >= 0.6 is 11.6 Å². The molecule has 0 aliphatic heterocycles. The third-order valence-electron chi connectivity index (χ3n) is 2.03. The third kappa shape index (κ3) is 3.37. The average Bonchev–Trinajstić information content (AvgIpc) is 2.25. The average molecular weight is 285 g/mol. The van der Waals surface area contributed by atoms with E-state index in [9.17, 15) is 22.5 Å². The van der Waals surface area contributed by atoms with Crippen LogP contribution in [0.1, 0.15) is 22.8 Å². The van der Waals surface area contributed by atoms with Crippen molar-refractivity contribution in [3.8, 4) is 0 Å². The molecule has 1 aromatic rings. The first-order valence-electron chi connectivity index (χ1n) is 4.56. The fourth-order valence-electron chi connectivity index (χ4n) is 1.24. The highest BCUT2D eigenvalue weighted by atomic mass is 35.5. The van der Waals surface area contributed by atoms with E-state index in [1.54, 1.807) is 6.92 Å². The minimum absolute atomic E-state index is 0.0292. The monoisotopic (exact) mass is 284 g/mol. The van der Waals surface area contributed by atoms with Crippen LogP contribution in [0.4, 0.5) is 13.2 Å². The molecule has 94 valence electrons. The molecule has 0 saturated carbocycles. The molecule has 0 heterocycles. The lowest BCUT2D eigenvalue weighted by Gasteiger charge is -2.13. The van der Waals surface area contributed by atoms with Crippen molar-refractivity contribution >= 4 is 28.0 Å². The summed E-state index contributed by atoms with van der Waals surface area (Å²) in [7, 11) is 0. The fourth-order valence-corrected chi connectivity index (χ4v) is 2.20. The van der Waals surface area contributed by atoms with Crippen LogP contribution in [0.15, 0.2) is 23.1 Å². The highest BCUT2D eigenvalue weighted by molar-refractivity contribution is 7.91. The standard InChI is InChI=1S/C10H8ClF3O2S/c1-2-17(16)6-3-4-7(9(11)15)8(5-6)10(12,13)14/h3-5H,2H2,1H3. The van der Waals surface area contributed by atoms with Gasteiger partial charge in [0.15, 0.2) is 4.90 Å². The van der Waals surface area contributed by atoms with Crippen molar-refractivity contribution in [3.63, 3.8) is 0 Å². The minimum Gasteiger partial charge on any atom is -0.611 e. The Bertz CT molecular complexity index is 434. The third-order valence-corrected chi connectivity index (χ3v) is 3.54. The van der Waals surface area contributed by atoms with Crippen LogP contribution in [0.3, 0.4) is 0 Å². The number of hydrogen-bond donors (Lipinski definition) is 0. The van der Waals surface area contributed by atoms with Crippen LogP contribution in [-0.4, -0.2) is 15.5 Å². The van der Waals surface area contributed by atoms with Gasteiger partial charge in [0.05, 0.1) is 5.56 Å². The van der Waals surface area contributed by atoms with Crippen LogP contribution in [0, 0.1) is 0 Å². The predicted octanol–water partition coefficient (Wildman–Crippen LogP) is 3.21. The molecular weight excluding hydrogens is 277 g/mol. The lowest BCUT2D eigenvalue weighted by Crippen LogP contribution is -2.13. The van der Waals surface area contributed by atoms with Gasteiger partial charge in [-0.1, -0.05) is 0 Å². The highest BCUT2D eigenvalue weighted by Gasteiger charge is 2.36. The highest BCUT2D eigenvalue weighted by Crippen LogP contribution is 2.34. The Morgan fingerprint density at radius 2 is 2.06 bits per heavy atom. The topological polar surface area (TPSA) is 40.1 Å². The smallest absolute Gasteiger partial charge is 0.417 e. The van der Waals surface area contributed by atoms with Gasteiger partial charge in [-0.2, -0.15) is 13.2 Å². The zero-order valence-corrected chi connectivity index (χ0v) is 10.2. The Balaban J connectivity index is 3.35. The molecule has 7 heteroatoms. The molecule has 0 aliphatic carbocycles. The first-order chi connectivity index (χ1) is 7.77. The van der Waals surface area contributed by atoms with Gasteiger partial charge in [0.25, 0.3) is 5.24 Å². The molecule has 0 spiro atoms. The van der Waals surface area contributed by atoms with E-state index in [0.29, 0.717) is 6.07 Å². The predicted molar refractivity (Wildman–Crippen MR) is 58.6 cm³/mol. The van der Waals surface area contributed by atoms with Crippen LogP contribution in [0.5, 0.6) is 0 Å². The normalized spacial score (nSPS) is 13.5. The quantitative estimate of drug-likeness (QED) is 0.631. The van der Waals surface area contributed by atoms with Gasteiger partial charge in [-0.25, -0.2) is 0 Å². The van der Waals surface area contributed by atoms with Gasteiger partial charge < -0.3 is 4.55 Å². The summed E-state index contributed by atoms with van der Waals surface area (Å²) >= 11 is 3.55. The molecule has 0 radical (unpaired) electrons. The summed E-state index contributed by atoms with van der Waals surface area (Å²) in [4.78, 5) is 10.9. The largest absolute Gasteiger partial charge is 0.611 e. The van der Waals surface area contributed by atoms with Gasteiger partial charge in [0.2, 0.25) is 0 Å². The number of alkyl halides is 3. The Morgan fingerprint density at radius 1 is 1.47 bits per heavy atom. The summed E-state index contributed by atoms with van der Waals surface area (Å²) in [6.07, 6.45) is -4.70. The van der Waals surface area contributed by atoms with Crippen molar-refractivity contribution < 1.29 is 22.5 Å². The van der Waals surface area contributed by atoms with E-state index in [0.717, 1.165) is 6.07 Å². The van der Waals surface area contributed by atoms with Gasteiger partial charge in [-0.3, -0.25) is 4.79 Å². The Labute approximate surface area is 104 Å². The lowest BCUT2D eigenvalue weighted by molar-refractivity contribution is -0.138. The molecule has 2 nitrogen and oxygen atoms in total. The van der Waals surface area contributed by atoms with Gasteiger partial charge in [-0.05, 0) is 41.8 Å². The van der Waals surface area contributed by atoms with Crippen molar-refractivity contribution in [1.29, 1.82) is 0 Å². The molecule has 0 N–H and O–H groups in total. The SMILES string of the molecule is CC[S+]([O-])c1ccc(C(=O)Cl)c(C(F)(F)F)c1. The molecule has 1 rings (SSSR count). The lowest BCUT2D eigenvalue weighted by atomic mass is 10.1. The summed E-state index contributed by atoms with van der Waals surface area (Å²) in [5.74, 6) is 0.200. The van der Waals surface area contributed by atoms with Crippen LogP contribution in [0.2, 0.25) is 0 Å². The van der Waals surface area contributed by atoms with Crippen molar-refractivity contribution in [2.45, 2.75) is 18.0 Å². The minimum atomic E-state index is -4.70. The second kappa shape index (κ2) is 5.29. The van der Waals surface area contributed by atoms with E-state index < -0.39 is 33.7 Å². The summed E-state index contributed by atoms with van der Waals surface area (Å²) in [5.41, 5.74) is -1.78. The van der Waals surface area contributed by atoms with Gasteiger partial charge in [0.1, 0.15) is 5.75 Å². The van der Waals surface area contributed by atoms with Gasteiger partial charge in [-0.15, -0.1) is 0 Å². The van der Waals surface area contributed by atoms with Crippen LogP contribution < -0.4 is 0 Å². The first-order valence-corrected chi connectivity index (χ1v) is 6.26. The molecule has 0 aromatic heterocycles. The Kier molecular flexibility index (Phi) is 4.46. The summed E-state index contributed by atoms with van der Waals surface area (Å²) in [6, 6.07) is 2.86. The zero-order valence-electron chi connectivity index (χ0n) is 8.68. The maximum Gasteiger partial charge on any atom is 0.417 e. The molecule has 0 saturated heterocycles. The summed E-state index contributed by atoms with van der Waals surface area (Å²) in [5, 5.41) is -1.19. The van der Waals surface area contributed by atoms with E-state index in [4.69, 9.17) is 11.6 Å². The van der Waals surface area contributed by atoms with E-state index in [1.807, 2.05) is 0 Å². The molecule has 17 heavy (non-hydrogen) atoms. The number of carbonyl (C=O) groups excluding carboxylic acids is 1. The molecular formula is C10H8ClF3O2S. The van der Waals surface area contributed by atoms with Gasteiger partial charge in [0, 0.05) is 11.6 Å². The number of benzene rings is 1. The van der Waals surface area contributed by atoms with E-state index in [-0.39, 0.29) is 10.6 Å². The molecule has 0 aliphatic rings. The first kappa shape index (κ1) is 14.3. The molecule has 1 unspecified atom stereocenters. The Morgan fingerprint density at radius 3 is 2.47 bits per heavy atom. The van der Waals surface area contributed by atoms with E-state index in [2.05, 4.69) is 0 Å². The van der Waals surface area contributed by atoms with E-state index >= 15 is 0 Å². The van der Waals surface area contributed by atoms with Crippen molar-refractivity contribution in [1.82, 2.24) is 0 Å². The maximum absolute atomic E-state index is 12.6. The molecule has 1 atom stereocenters. The van der Waals surface area contributed by atoms with Crippen LogP contribution in [0.25, 0.3) is 0 Å². The van der Waals surface area contributed by atoms with Gasteiger partial charge >= 0.3 is 6.18 Å². The molecule has 0 amide bonds. The fraction of sp³-hybridized carbons (Fsp3) is 0.300. The number of carbonyl (C=O) groups is 1. The van der Waals surface area contributed by atoms with Crippen molar-refractivity contribution in [3.05, 3.63) is 29.3 Å². The summed E-state index contributed by atoms with van der Waals surface area (Å²) < 4.78 is 49.3. The summed E-state index contributed by atoms with van der Waals surface area (Å²) in [6.45, 7) is 1.59. The maximum atomic E-state index is 12.6. The molecule has 0 fully saturated rings. The number of hydrogen-bond acceptors (Lipinski definition) is 2. The second-order valence-electron chi connectivity index (χ2n) is 3.11. The number of halogens is 4. The van der Waals surface area contributed by atoms with Crippen LogP contribution in [-0.2, 0) is 17.4 Å². The Hall–Kier alpha value is -0.720. The van der Waals surface area contributed by atoms with Crippen molar-refractivity contribution in [2.24, 2.45) is 0 Å². The second-order valence-corrected chi connectivity index (χ2v) is 5.20. The van der Waals surface area contributed by atoms with E-state index in [1.165, 1.54) is 6.07 Å². The van der Waals surface area contributed by atoms with Crippen molar-refractivity contribution in [2.75, 3.05) is 5.75 Å².